The Bertz CT molecular complexity index is 1060. The molecule has 1 amide bonds. The van der Waals surface area contributed by atoms with Crippen molar-refractivity contribution >= 4 is 23.4 Å². The molecule has 2 heterocycles. The van der Waals surface area contributed by atoms with Gasteiger partial charge < -0.3 is 4.74 Å². The van der Waals surface area contributed by atoms with E-state index >= 15 is 0 Å². The van der Waals surface area contributed by atoms with E-state index in [1.54, 1.807) is 12.1 Å². The zero-order valence-corrected chi connectivity index (χ0v) is 18.6. The first-order chi connectivity index (χ1) is 15.0. The number of ether oxygens (including phenoxy) is 1. The second kappa shape index (κ2) is 9.34. The van der Waals surface area contributed by atoms with Crippen LogP contribution in [0.5, 0.6) is 5.75 Å². The van der Waals surface area contributed by atoms with E-state index in [1.807, 2.05) is 68.4 Å². The Morgan fingerprint density at radius 2 is 1.94 bits per heavy atom. The molecular weight excluding hydrogens is 410 g/mol. The van der Waals surface area contributed by atoms with Crippen LogP contribution in [0.25, 0.3) is 0 Å². The van der Waals surface area contributed by atoms with Gasteiger partial charge in [-0.2, -0.15) is 5.10 Å². The number of carbonyl (C=O) groups excluding carboxylic acids is 1. The summed E-state index contributed by atoms with van der Waals surface area (Å²) in [6, 6.07) is 17.6. The largest absolute Gasteiger partial charge is 0.497 e. The molecule has 0 fully saturated rings. The fourth-order valence-corrected chi connectivity index (χ4v) is 4.06. The zero-order valence-electron chi connectivity index (χ0n) is 17.8. The van der Waals surface area contributed by atoms with Crippen LogP contribution in [-0.4, -0.2) is 44.7 Å². The van der Waals surface area contributed by atoms with Crippen LogP contribution >= 0.6 is 11.8 Å². The normalized spacial score (nSPS) is 15.9. The fourth-order valence-electron chi connectivity index (χ4n) is 3.40. The number of amides is 1. The number of nitrogens with zero attached hydrogens (tertiary/aromatic N) is 4. The van der Waals surface area contributed by atoms with Crippen LogP contribution in [0.3, 0.4) is 0 Å². The van der Waals surface area contributed by atoms with Crippen molar-refractivity contribution in [3.63, 3.8) is 0 Å². The number of aromatic nitrogens is 3. The highest BCUT2D eigenvalue weighted by Gasteiger charge is 2.33. The smallest absolute Gasteiger partial charge is 0.253 e. The third-order valence-corrected chi connectivity index (χ3v) is 5.96. The maximum absolute atomic E-state index is 13.2. The van der Waals surface area contributed by atoms with Gasteiger partial charge in [0.15, 0.2) is 0 Å². The minimum Gasteiger partial charge on any atom is -0.497 e. The van der Waals surface area contributed by atoms with Crippen molar-refractivity contribution in [2.24, 2.45) is 5.10 Å². The lowest BCUT2D eigenvalue weighted by molar-refractivity contribution is -0.130. The molecule has 8 heteroatoms. The molecule has 1 aliphatic heterocycles. The molecule has 1 unspecified atom stereocenters. The van der Waals surface area contributed by atoms with Crippen molar-refractivity contribution in [3.8, 4) is 5.75 Å². The van der Waals surface area contributed by atoms with Crippen molar-refractivity contribution < 1.29 is 9.53 Å². The lowest BCUT2D eigenvalue weighted by Crippen LogP contribution is -2.28. The number of methoxy groups -OCH3 is 1. The summed E-state index contributed by atoms with van der Waals surface area (Å²) in [6.45, 7) is 4.09. The lowest BCUT2D eigenvalue weighted by atomic mass is 9.98. The monoisotopic (exact) mass is 435 g/mol. The first-order valence-corrected chi connectivity index (χ1v) is 11.2. The van der Waals surface area contributed by atoms with Crippen LogP contribution in [-0.2, 0) is 4.79 Å². The Morgan fingerprint density at radius 1 is 1.19 bits per heavy atom. The Labute approximate surface area is 185 Å². The van der Waals surface area contributed by atoms with E-state index in [1.165, 1.54) is 11.8 Å². The molecule has 3 aromatic rings. The molecule has 1 aromatic heterocycles. The van der Waals surface area contributed by atoms with Crippen LogP contribution in [0.4, 0.5) is 0 Å². The Kier molecular flexibility index (Phi) is 6.36. The quantitative estimate of drug-likeness (QED) is 0.556. The summed E-state index contributed by atoms with van der Waals surface area (Å²) >= 11 is 1.32. The van der Waals surface area contributed by atoms with Gasteiger partial charge in [-0.1, -0.05) is 68.1 Å². The molecule has 1 atom stereocenters. The number of nitrogens with one attached hydrogen (secondary N) is 1. The maximum Gasteiger partial charge on any atom is 0.253 e. The van der Waals surface area contributed by atoms with E-state index < -0.39 is 0 Å². The molecular formula is C23H25N5O2S. The number of H-pyrrole nitrogens is 1. The molecule has 0 saturated carbocycles. The van der Waals surface area contributed by atoms with E-state index in [9.17, 15) is 4.79 Å². The Morgan fingerprint density at radius 3 is 2.58 bits per heavy atom. The van der Waals surface area contributed by atoms with Gasteiger partial charge in [0.2, 0.25) is 5.16 Å². The number of hydrogen-bond acceptors (Lipinski definition) is 6. The summed E-state index contributed by atoms with van der Waals surface area (Å²) in [6.07, 6.45) is 0.658. The summed E-state index contributed by atoms with van der Waals surface area (Å²) in [7, 11) is 1.64. The zero-order chi connectivity index (χ0) is 21.8. The van der Waals surface area contributed by atoms with Gasteiger partial charge in [0.1, 0.15) is 11.6 Å². The maximum atomic E-state index is 13.2. The van der Waals surface area contributed by atoms with Gasteiger partial charge in [0.25, 0.3) is 5.91 Å². The molecule has 2 aromatic carbocycles. The topological polar surface area (TPSA) is 83.5 Å². The first kappa shape index (κ1) is 21.1. The van der Waals surface area contributed by atoms with Crippen molar-refractivity contribution in [1.82, 2.24) is 20.2 Å². The SMILES string of the molecule is COc1ccc(C2CC(c3ccccc3)=NN2C(=O)CSc2n[nH]c(C(C)C)n2)cc1. The average Bonchev–Trinajstić information content (AvgIpc) is 3.46. The second-order valence-electron chi connectivity index (χ2n) is 7.59. The Hall–Kier alpha value is -3.13. The van der Waals surface area contributed by atoms with Gasteiger partial charge in [-0.05, 0) is 23.3 Å². The predicted molar refractivity (Wildman–Crippen MR) is 121 cm³/mol. The molecule has 160 valence electrons. The molecule has 0 aliphatic carbocycles. The first-order valence-electron chi connectivity index (χ1n) is 10.2. The van der Waals surface area contributed by atoms with Gasteiger partial charge in [0, 0.05) is 12.3 Å². The van der Waals surface area contributed by atoms with Crippen molar-refractivity contribution in [2.45, 2.75) is 37.4 Å². The minimum atomic E-state index is -0.160. The number of hydrogen-bond donors (Lipinski definition) is 1. The number of benzene rings is 2. The molecule has 0 radical (unpaired) electrons. The number of rotatable bonds is 7. The van der Waals surface area contributed by atoms with Crippen LogP contribution in [0.15, 0.2) is 64.9 Å². The molecule has 0 saturated heterocycles. The highest BCUT2D eigenvalue weighted by atomic mass is 32.2. The van der Waals surface area contributed by atoms with E-state index in [-0.39, 0.29) is 23.6 Å². The number of carbonyl (C=O) groups is 1. The predicted octanol–water partition coefficient (Wildman–Crippen LogP) is 4.41. The van der Waals surface area contributed by atoms with E-state index in [0.29, 0.717) is 11.6 Å². The highest BCUT2D eigenvalue weighted by Crippen LogP contribution is 2.34. The molecule has 1 aliphatic rings. The molecule has 7 nitrogen and oxygen atoms in total. The van der Waals surface area contributed by atoms with E-state index in [2.05, 4.69) is 15.2 Å². The number of hydrazone groups is 1. The summed E-state index contributed by atoms with van der Waals surface area (Å²) in [5.41, 5.74) is 2.95. The number of thioether (sulfide) groups is 1. The van der Waals surface area contributed by atoms with Crippen LogP contribution in [0.2, 0.25) is 0 Å². The minimum absolute atomic E-state index is 0.0763. The summed E-state index contributed by atoms with van der Waals surface area (Å²) < 4.78 is 5.27. The van der Waals surface area contributed by atoms with Crippen molar-refractivity contribution in [3.05, 3.63) is 71.5 Å². The fraction of sp³-hybridized carbons (Fsp3) is 0.304. The molecule has 31 heavy (non-hydrogen) atoms. The summed E-state index contributed by atoms with van der Waals surface area (Å²) in [5, 5.41) is 14.0. The van der Waals surface area contributed by atoms with Gasteiger partial charge in [-0.25, -0.2) is 9.99 Å². The third kappa shape index (κ3) is 4.80. The standard InChI is InChI=1S/C23H25N5O2S/c1-15(2)22-24-23(26-25-22)31-14-21(29)28-20(17-9-11-18(30-3)12-10-17)13-19(27-28)16-7-5-4-6-8-16/h4-12,15,20H,13-14H2,1-3H3,(H,24,25,26). The molecule has 4 rings (SSSR count). The van der Waals surface area contributed by atoms with Crippen LogP contribution in [0, 0.1) is 0 Å². The van der Waals surface area contributed by atoms with E-state index in [4.69, 9.17) is 9.84 Å². The Balaban J connectivity index is 1.54. The van der Waals surface area contributed by atoms with Gasteiger partial charge in [-0.15, -0.1) is 5.10 Å². The second-order valence-corrected chi connectivity index (χ2v) is 8.53. The lowest BCUT2D eigenvalue weighted by Gasteiger charge is -2.22. The number of aromatic amines is 1. The highest BCUT2D eigenvalue weighted by molar-refractivity contribution is 7.99. The van der Waals surface area contributed by atoms with Crippen LogP contribution in [0.1, 0.15) is 49.2 Å². The van der Waals surface area contributed by atoms with Gasteiger partial charge in [0.05, 0.1) is 24.6 Å². The molecule has 0 bridgehead atoms. The third-order valence-electron chi connectivity index (χ3n) is 5.13. The van der Waals surface area contributed by atoms with Crippen LogP contribution < -0.4 is 4.74 Å². The molecule has 1 N–H and O–H groups in total. The molecule has 0 spiro atoms. The van der Waals surface area contributed by atoms with Crippen molar-refractivity contribution in [1.29, 1.82) is 0 Å². The van der Waals surface area contributed by atoms with Gasteiger partial charge in [-0.3, -0.25) is 9.89 Å². The average molecular weight is 436 g/mol. The summed E-state index contributed by atoms with van der Waals surface area (Å²) in [5.74, 6) is 2.00. The van der Waals surface area contributed by atoms with E-state index in [0.717, 1.165) is 28.4 Å². The summed E-state index contributed by atoms with van der Waals surface area (Å²) in [4.78, 5) is 17.6. The van der Waals surface area contributed by atoms with Crippen molar-refractivity contribution in [2.75, 3.05) is 12.9 Å². The van der Waals surface area contributed by atoms with Gasteiger partial charge >= 0.3 is 0 Å².